The van der Waals surface area contributed by atoms with Gasteiger partial charge in [0.1, 0.15) is 5.75 Å². The van der Waals surface area contributed by atoms with E-state index in [2.05, 4.69) is 48.0 Å². The Morgan fingerprint density at radius 2 is 2.16 bits per heavy atom. The first-order valence-electron chi connectivity index (χ1n) is 6.73. The molecule has 2 rings (SSSR count). The SMILES string of the molecule is CCCNC(Cc1cccc(OC)c1)c1cccs1. The Bertz CT molecular complexity index is 481. The lowest BCUT2D eigenvalue weighted by Gasteiger charge is -2.17. The highest BCUT2D eigenvalue weighted by atomic mass is 32.1. The number of nitrogens with one attached hydrogen (secondary N) is 1. The largest absolute Gasteiger partial charge is 0.497 e. The first-order valence-corrected chi connectivity index (χ1v) is 7.61. The minimum Gasteiger partial charge on any atom is -0.497 e. The van der Waals surface area contributed by atoms with E-state index in [0.29, 0.717) is 6.04 Å². The molecule has 1 aromatic carbocycles. The maximum atomic E-state index is 5.29. The molecule has 1 N–H and O–H groups in total. The second-order valence-corrected chi connectivity index (χ2v) is 5.56. The number of benzene rings is 1. The molecule has 0 aliphatic carbocycles. The molecule has 2 aromatic rings. The van der Waals surface area contributed by atoms with Crippen LogP contribution >= 0.6 is 11.3 Å². The summed E-state index contributed by atoms with van der Waals surface area (Å²) in [6, 6.07) is 13.0. The van der Waals surface area contributed by atoms with Crippen LogP contribution in [0.25, 0.3) is 0 Å². The molecular weight excluding hydrogens is 254 g/mol. The van der Waals surface area contributed by atoms with E-state index in [1.165, 1.54) is 10.4 Å². The summed E-state index contributed by atoms with van der Waals surface area (Å²) in [6.07, 6.45) is 2.15. The van der Waals surface area contributed by atoms with Crippen LogP contribution in [0.5, 0.6) is 5.75 Å². The number of thiophene rings is 1. The highest BCUT2D eigenvalue weighted by Gasteiger charge is 2.12. The molecule has 0 spiro atoms. The van der Waals surface area contributed by atoms with Crippen molar-refractivity contribution in [3.05, 3.63) is 52.2 Å². The van der Waals surface area contributed by atoms with Gasteiger partial charge in [0.05, 0.1) is 7.11 Å². The van der Waals surface area contributed by atoms with Crippen LogP contribution in [0.15, 0.2) is 41.8 Å². The predicted molar refractivity (Wildman–Crippen MR) is 82.1 cm³/mol. The molecular formula is C16H21NOS. The lowest BCUT2D eigenvalue weighted by molar-refractivity contribution is 0.414. The second-order valence-electron chi connectivity index (χ2n) is 4.58. The molecule has 102 valence electrons. The van der Waals surface area contributed by atoms with Gasteiger partial charge in [-0.05, 0) is 48.5 Å². The van der Waals surface area contributed by atoms with Gasteiger partial charge in [-0.25, -0.2) is 0 Å². The Kier molecular flexibility index (Phi) is 5.43. The Labute approximate surface area is 119 Å². The maximum Gasteiger partial charge on any atom is 0.119 e. The van der Waals surface area contributed by atoms with Crippen molar-refractivity contribution in [3.8, 4) is 5.75 Å². The van der Waals surface area contributed by atoms with Crippen molar-refractivity contribution >= 4 is 11.3 Å². The van der Waals surface area contributed by atoms with Crippen molar-refractivity contribution in [2.75, 3.05) is 13.7 Å². The monoisotopic (exact) mass is 275 g/mol. The first-order chi connectivity index (χ1) is 9.33. The van der Waals surface area contributed by atoms with Crippen LogP contribution in [0.3, 0.4) is 0 Å². The minimum atomic E-state index is 0.395. The number of ether oxygens (including phenoxy) is 1. The summed E-state index contributed by atoms with van der Waals surface area (Å²) < 4.78 is 5.29. The van der Waals surface area contributed by atoms with Gasteiger partial charge in [0, 0.05) is 10.9 Å². The summed E-state index contributed by atoms with van der Waals surface area (Å²) in [7, 11) is 1.71. The van der Waals surface area contributed by atoms with Gasteiger partial charge in [-0.1, -0.05) is 25.1 Å². The van der Waals surface area contributed by atoms with E-state index in [1.54, 1.807) is 7.11 Å². The summed E-state index contributed by atoms with van der Waals surface area (Å²) >= 11 is 1.82. The zero-order valence-electron chi connectivity index (χ0n) is 11.6. The molecule has 0 fully saturated rings. The molecule has 0 saturated heterocycles. The molecule has 1 unspecified atom stereocenters. The average molecular weight is 275 g/mol. The van der Waals surface area contributed by atoms with Crippen LogP contribution in [0.1, 0.15) is 29.8 Å². The van der Waals surface area contributed by atoms with E-state index in [9.17, 15) is 0 Å². The predicted octanol–water partition coefficient (Wildman–Crippen LogP) is 4.04. The summed E-state index contributed by atoms with van der Waals surface area (Å²) in [5.74, 6) is 0.929. The van der Waals surface area contributed by atoms with Crippen molar-refractivity contribution in [1.82, 2.24) is 5.32 Å². The molecule has 0 bridgehead atoms. The molecule has 1 aromatic heterocycles. The summed E-state index contributed by atoms with van der Waals surface area (Å²) in [5.41, 5.74) is 1.31. The topological polar surface area (TPSA) is 21.3 Å². The van der Waals surface area contributed by atoms with Crippen LogP contribution in [0, 0.1) is 0 Å². The molecule has 1 atom stereocenters. The van der Waals surface area contributed by atoms with Gasteiger partial charge in [-0.2, -0.15) is 0 Å². The highest BCUT2D eigenvalue weighted by Crippen LogP contribution is 2.24. The summed E-state index contributed by atoms with van der Waals surface area (Å²) in [4.78, 5) is 1.40. The molecule has 2 nitrogen and oxygen atoms in total. The molecule has 0 aliphatic rings. The fraction of sp³-hybridized carbons (Fsp3) is 0.375. The van der Waals surface area contributed by atoms with E-state index in [-0.39, 0.29) is 0 Å². The zero-order chi connectivity index (χ0) is 13.5. The number of hydrogen-bond acceptors (Lipinski definition) is 3. The Hall–Kier alpha value is -1.32. The van der Waals surface area contributed by atoms with Crippen LogP contribution in [-0.4, -0.2) is 13.7 Å². The standard InChI is InChI=1S/C16H21NOS/c1-3-9-17-15(16-8-5-10-19-16)12-13-6-4-7-14(11-13)18-2/h4-8,10-11,15,17H,3,9,12H2,1-2H3. The van der Waals surface area contributed by atoms with E-state index >= 15 is 0 Å². The average Bonchev–Trinajstić information content (AvgIpc) is 2.97. The smallest absolute Gasteiger partial charge is 0.119 e. The van der Waals surface area contributed by atoms with Crippen molar-refractivity contribution in [2.45, 2.75) is 25.8 Å². The van der Waals surface area contributed by atoms with Crippen LogP contribution in [-0.2, 0) is 6.42 Å². The van der Waals surface area contributed by atoms with E-state index < -0.39 is 0 Å². The van der Waals surface area contributed by atoms with Crippen molar-refractivity contribution in [1.29, 1.82) is 0 Å². The lowest BCUT2D eigenvalue weighted by atomic mass is 10.0. The van der Waals surface area contributed by atoms with Crippen LogP contribution in [0.4, 0.5) is 0 Å². The normalized spacial score (nSPS) is 12.3. The fourth-order valence-corrected chi connectivity index (χ4v) is 2.92. The minimum absolute atomic E-state index is 0.395. The highest BCUT2D eigenvalue weighted by molar-refractivity contribution is 7.10. The van der Waals surface area contributed by atoms with Crippen molar-refractivity contribution in [2.24, 2.45) is 0 Å². The van der Waals surface area contributed by atoms with Gasteiger partial charge >= 0.3 is 0 Å². The molecule has 0 aliphatic heterocycles. The fourth-order valence-electron chi connectivity index (χ4n) is 2.12. The Morgan fingerprint density at radius 1 is 1.26 bits per heavy atom. The molecule has 0 amide bonds. The van der Waals surface area contributed by atoms with Crippen molar-refractivity contribution < 1.29 is 4.74 Å². The van der Waals surface area contributed by atoms with Gasteiger partial charge in [0.15, 0.2) is 0 Å². The van der Waals surface area contributed by atoms with Crippen LogP contribution < -0.4 is 10.1 Å². The van der Waals surface area contributed by atoms with Gasteiger partial charge < -0.3 is 10.1 Å². The summed E-state index contributed by atoms with van der Waals surface area (Å²) in [5, 5.41) is 5.77. The molecule has 19 heavy (non-hydrogen) atoms. The van der Waals surface area contributed by atoms with Gasteiger partial charge in [-0.15, -0.1) is 11.3 Å². The molecule has 1 heterocycles. The molecule has 3 heteroatoms. The lowest BCUT2D eigenvalue weighted by Crippen LogP contribution is -2.23. The number of hydrogen-bond donors (Lipinski definition) is 1. The van der Waals surface area contributed by atoms with Gasteiger partial charge in [0.25, 0.3) is 0 Å². The third-order valence-electron chi connectivity index (χ3n) is 3.10. The van der Waals surface area contributed by atoms with Crippen LogP contribution in [0.2, 0.25) is 0 Å². The van der Waals surface area contributed by atoms with Gasteiger partial charge in [0.2, 0.25) is 0 Å². The third kappa shape index (κ3) is 4.08. The van der Waals surface area contributed by atoms with Crippen molar-refractivity contribution in [3.63, 3.8) is 0 Å². The second kappa shape index (κ2) is 7.31. The maximum absolute atomic E-state index is 5.29. The van der Waals surface area contributed by atoms with E-state index in [1.807, 2.05) is 17.4 Å². The number of methoxy groups -OCH3 is 1. The Balaban J connectivity index is 2.10. The van der Waals surface area contributed by atoms with Gasteiger partial charge in [-0.3, -0.25) is 0 Å². The van der Waals surface area contributed by atoms with E-state index in [0.717, 1.165) is 25.1 Å². The molecule has 0 radical (unpaired) electrons. The van der Waals surface area contributed by atoms with E-state index in [4.69, 9.17) is 4.74 Å². The molecule has 0 saturated carbocycles. The number of rotatable bonds is 7. The third-order valence-corrected chi connectivity index (χ3v) is 4.09. The first kappa shape index (κ1) is 14.1. The summed E-state index contributed by atoms with van der Waals surface area (Å²) in [6.45, 7) is 3.25. The Morgan fingerprint density at radius 3 is 2.84 bits per heavy atom. The zero-order valence-corrected chi connectivity index (χ0v) is 12.4. The quantitative estimate of drug-likeness (QED) is 0.823.